The molecule has 0 radical (unpaired) electrons. The largest absolute Gasteiger partial charge is 0.384 e. The van der Waals surface area contributed by atoms with Crippen LogP contribution in [0.25, 0.3) is 0 Å². The summed E-state index contributed by atoms with van der Waals surface area (Å²) in [7, 11) is 8.39. The molecule has 14 rings (SSSR count). The number of aldehydes is 3. The van der Waals surface area contributed by atoms with E-state index in [9.17, 15) is 58.9 Å². The van der Waals surface area contributed by atoms with Gasteiger partial charge in [-0.05, 0) is 172 Å². The molecular weight excluding hydrogens is 1530 g/mol. The average molecular weight is 1630 g/mol. The van der Waals surface area contributed by atoms with Crippen LogP contribution in [-0.4, -0.2) is 233 Å². The van der Waals surface area contributed by atoms with E-state index in [1.807, 2.05) is 25.1 Å². The van der Waals surface area contributed by atoms with Gasteiger partial charge in [-0.15, -0.1) is 0 Å². The second-order valence-corrected chi connectivity index (χ2v) is 31.2. The number of nitriles is 3. The van der Waals surface area contributed by atoms with Gasteiger partial charge in [-0.1, -0.05) is 6.92 Å². The summed E-state index contributed by atoms with van der Waals surface area (Å²) in [5, 5.41) is 37.1. The summed E-state index contributed by atoms with van der Waals surface area (Å²) < 4.78 is 37.9. The number of hydrogen-bond donors (Lipinski definition) is 3. The van der Waals surface area contributed by atoms with Gasteiger partial charge in [-0.3, -0.25) is 59.4 Å². The van der Waals surface area contributed by atoms with Gasteiger partial charge in [0, 0.05) is 155 Å². The minimum absolute atomic E-state index is 0.0159. The SMILES string of the molecule is CN(Cc1cc2c(nc1C=O)N(C(=O)Nc1cc(C[C@H]3CCOC3)c(C#N)cn1)CCC2)C(=O)[C@H]1CCOC1.COC[C@@H](C)Cc1cc(NC(=O)N2CCCc3cc(CN(C)C(=O)[C@@H]4CCOC4)c(C=O)nc32)ncc1C#N.CO[C@@H]1COCC1Cc1cc(NC(=O)N2CCCc3cc(CN(C)C(=O)[C@H]4CCCO4)c(C=O)nc32)ncc1C#N. The van der Waals surface area contributed by atoms with E-state index >= 15 is 0 Å². The van der Waals surface area contributed by atoms with Gasteiger partial charge in [0.1, 0.15) is 76.3 Å². The predicted octanol–water partition coefficient (Wildman–Crippen LogP) is 8.17. The number of nitrogens with one attached hydrogen (secondary N) is 3. The van der Waals surface area contributed by atoms with E-state index in [-0.39, 0.29) is 84.2 Å². The number of likely N-dealkylation sites (N-methyl/N-ethyl adjacent to an activating group) is 1. The lowest BCUT2D eigenvalue weighted by atomic mass is 9.94. The molecule has 0 bridgehead atoms. The fourth-order valence-corrected chi connectivity index (χ4v) is 16.2. The van der Waals surface area contributed by atoms with Crippen molar-refractivity contribution < 1.29 is 76.3 Å². The number of carbonyl (C=O) groups is 9. The third-order valence-corrected chi connectivity index (χ3v) is 22.5. The molecule has 6 aromatic heterocycles. The Kier molecular flexibility index (Phi) is 30.0. The van der Waals surface area contributed by atoms with Crippen LogP contribution < -0.4 is 30.7 Å². The molecule has 0 spiro atoms. The molecule has 0 aliphatic carbocycles. The Hall–Kier alpha value is -11.7. The molecule has 8 aliphatic heterocycles. The van der Waals surface area contributed by atoms with Crippen molar-refractivity contribution in [2.45, 2.75) is 129 Å². The van der Waals surface area contributed by atoms with Crippen LogP contribution in [0.2, 0.25) is 0 Å². The molecule has 0 aromatic carbocycles. The van der Waals surface area contributed by atoms with E-state index in [0.717, 1.165) is 65.7 Å². The van der Waals surface area contributed by atoms with Crippen LogP contribution in [0.3, 0.4) is 0 Å². The maximum Gasteiger partial charge on any atom is 0.328 e. The molecular formula is C85H100N18O16. The van der Waals surface area contributed by atoms with Crippen LogP contribution in [-0.2, 0) is 106 Å². The van der Waals surface area contributed by atoms with Crippen LogP contribution >= 0.6 is 0 Å². The van der Waals surface area contributed by atoms with E-state index in [1.165, 1.54) is 33.3 Å². The molecule has 34 heteroatoms. The van der Waals surface area contributed by atoms with E-state index in [0.29, 0.717) is 236 Å². The standard InChI is InChI=1S/C29H34N6O6.C28H32N6O5.C28H34N6O5/c1-34(28(37)24-6-4-8-41-24)14-20-9-18-5-3-7-35(27(18)32-23(20)15-36)29(38)33-26-11-19(22(12-30)13-31-26)10-21-16-40-17-25(21)39-2;1-33(27(36)20-5-8-39-17-20)14-22-10-19-3-2-6-34(26(19)31-24(22)15-35)28(37)32-25-11-21(23(12-29)13-30-25)9-18-4-7-38-16-18;1-18(16-38-3)9-21-11-25(30-13-23(21)12-29)32-28(37)34-7-4-5-19-10-22(24(15-35)31-26(19)34)14-33(2)27(36)20-6-8-39-17-20/h9,11,13,15,21,24-25H,3-8,10,14,16-17H2,1-2H3,(H,31,33,38);10-11,13,15,18,20H,2-9,14,16-17H2,1H3,(H,30,32,37);10-11,13,15,18,20H,4-9,14,16-17H2,1-3H3,(H,30,32,37)/t21?,24-,25-;2*18-,20+/m110/s1. The summed E-state index contributed by atoms with van der Waals surface area (Å²) in [5.74, 6) is 2.37. The number of hydrogen-bond acceptors (Lipinski definition) is 25. The first-order valence-corrected chi connectivity index (χ1v) is 40.3. The van der Waals surface area contributed by atoms with Crippen molar-refractivity contribution in [3.63, 3.8) is 0 Å². The summed E-state index contributed by atoms with van der Waals surface area (Å²) in [6, 6.07) is 16.0. The number of fused-ring (bicyclic) bond motifs is 3. The molecule has 14 heterocycles. The quantitative estimate of drug-likeness (QED) is 0.0481. The molecule has 3 N–H and O–H groups in total. The number of amides is 9. The van der Waals surface area contributed by atoms with Crippen LogP contribution in [0.1, 0.15) is 157 Å². The average Bonchev–Trinajstić information content (AvgIpc) is 1.79. The maximum absolute atomic E-state index is 13.4. The van der Waals surface area contributed by atoms with Gasteiger partial charge in [0.05, 0.1) is 61.1 Å². The molecule has 0 saturated carbocycles. The van der Waals surface area contributed by atoms with Crippen LogP contribution in [0.15, 0.2) is 55.0 Å². The summed E-state index contributed by atoms with van der Waals surface area (Å²) in [4.78, 5) is 150. The minimum Gasteiger partial charge on any atom is -0.384 e. The highest BCUT2D eigenvalue weighted by Crippen LogP contribution is 2.35. The molecule has 119 heavy (non-hydrogen) atoms. The number of pyridine rings is 6. The van der Waals surface area contributed by atoms with Gasteiger partial charge in [0.2, 0.25) is 11.8 Å². The molecule has 5 saturated heterocycles. The lowest BCUT2D eigenvalue weighted by molar-refractivity contribution is -0.140. The number of rotatable bonds is 24. The fourth-order valence-electron chi connectivity index (χ4n) is 16.2. The lowest BCUT2D eigenvalue weighted by Crippen LogP contribution is -2.40. The van der Waals surface area contributed by atoms with Crippen molar-refractivity contribution in [2.75, 3.05) is 152 Å². The monoisotopic (exact) mass is 1630 g/mol. The van der Waals surface area contributed by atoms with Gasteiger partial charge in [0.15, 0.2) is 18.9 Å². The minimum atomic E-state index is -0.450. The smallest absolute Gasteiger partial charge is 0.328 e. The second-order valence-electron chi connectivity index (χ2n) is 31.2. The Balaban J connectivity index is 0.000000164. The van der Waals surface area contributed by atoms with Gasteiger partial charge >= 0.3 is 18.1 Å². The lowest BCUT2D eigenvalue weighted by Gasteiger charge is -2.30. The number of anilines is 6. The first kappa shape index (κ1) is 86.7. The highest BCUT2D eigenvalue weighted by Gasteiger charge is 2.36. The fraction of sp³-hybridized carbons (Fsp3) is 0.506. The number of urea groups is 3. The number of nitrogens with zero attached hydrogens (tertiary/aromatic N) is 15. The van der Waals surface area contributed by atoms with Gasteiger partial charge in [0.25, 0.3) is 5.91 Å². The number of aromatic nitrogens is 6. The molecule has 7 atom stereocenters. The number of methoxy groups -OCH3 is 2. The summed E-state index contributed by atoms with van der Waals surface area (Å²) >= 11 is 0. The zero-order valence-electron chi connectivity index (χ0n) is 67.9. The topological polar surface area (TPSA) is 422 Å². The first-order chi connectivity index (χ1) is 57.7. The molecule has 626 valence electrons. The van der Waals surface area contributed by atoms with Crippen molar-refractivity contribution in [1.29, 1.82) is 15.8 Å². The number of ether oxygens (including phenoxy) is 7. The molecule has 1 unspecified atom stereocenters. The van der Waals surface area contributed by atoms with Crippen molar-refractivity contribution in [1.82, 2.24) is 44.6 Å². The van der Waals surface area contributed by atoms with E-state index in [4.69, 9.17) is 33.2 Å². The second kappa shape index (κ2) is 41.1. The van der Waals surface area contributed by atoms with Crippen molar-refractivity contribution in [3.8, 4) is 18.2 Å². The predicted molar refractivity (Wildman–Crippen MR) is 432 cm³/mol. The van der Waals surface area contributed by atoms with E-state index < -0.39 is 24.2 Å². The zero-order valence-corrected chi connectivity index (χ0v) is 67.9. The van der Waals surface area contributed by atoms with Crippen molar-refractivity contribution in [2.24, 2.45) is 29.6 Å². The molecule has 6 aromatic rings. The Morgan fingerprint density at radius 3 is 1.32 bits per heavy atom. The Labute approximate surface area is 690 Å². The van der Waals surface area contributed by atoms with Crippen LogP contribution in [0.5, 0.6) is 0 Å². The molecule has 9 amide bonds. The number of carbonyl (C=O) groups excluding carboxylic acids is 9. The summed E-state index contributed by atoms with van der Waals surface area (Å²) in [5.41, 5.74) is 8.72. The normalized spacial score (nSPS) is 19.7. The van der Waals surface area contributed by atoms with Crippen LogP contribution in [0, 0.1) is 63.6 Å². The Morgan fingerprint density at radius 1 is 0.513 bits per heavy atom. The Bertz CT molecular complexity index is 4870. The number of aryl methyl sites for hydroxylation is 3. The molecule has 8 aliphatic rings. The zero-order chi connectivity index (χ0) is 84.2. The third-order valence-electron chi connectivity index (χ3n) is 22.5. The van der Waals surface area contributed by atoms with Gasteiger partial charge in [-0.25, -0.2) is 44.3 Å². The van der Waals surface area contributed by atoms with E-state index in [1.54, 1.807) is 68.3 Å². The van der Waals surface area contributed by atoms with Gasteiger partial charge < -0.3 is 47.9 Å². The van der Waals surface area contributed by atoms with Crippen molar-refractivity contribution >= 4 is 89.6 Å². The first-order valence-electron chi connectivity index (χ1n) is 40.3. The Morgan fingerprint density at radius 2 is 0.933 bits per heavy atom. The highest BCUT2D eigenvalue weighted by atomic mass is 16.5. The van der Waals surface area contributed by atoms with E-state index in [2.05, 4.69) is 64.1 Å². The summed E-state index contributed by atoms with van der Waals surface area (Å²) in [6.45, 7) is 9.54. The highest BCUT2D eigenvalue weighted by molar-refractivity contribution is 6.03. The van der Waals surface area contributed by atoms with Crippen molar-refractivity contribution in [3.05, 3.63) is 139 Å². The molecule has 34 nitrogen and oxygen atoms in total. The summed E-state index contributed by atoms with van der Waals surface area (Å²) in [6.07, 6.45) is 15.8. The molecule has 5 fully saturated rings. The maximum atomic E-state index is 13.4. The third kappa shape index (κ3) is 21.4. The van der Waals surface area contributed by atoms with Gasteiger partial charge in [-0.2, -0.15) is 15.8 Å². The van der Waals surface area contributed by atoms with Crippen LogP contribution in [0.4, 0.5) is 49.3 Å².